The van der Waals surface area contributed by atoms with Crippen molar-refractivity contribution in [2.24, 2.45) is 11.1 Å². The van der Waals surface area contributed by atoms with E-state index >= 15 is 0 Å². The number of hydrogen-bond acceptors (Lipinski definition) is 6. The minimum Gasteiger partial charge on any atom is -0.469 e. The average Bonchev–Trinajstić information content (AvgIpc) is 2.75. The molecule has 0 fully saturated rings. The number of carbonyl (C=O) groups excluding carboxylic acids is 1. The molecule has 0 amide bonds. The molecule has 0 aliphatic heterocycles. The van der Waals surface area contributed by atoms with Crippen molar-refractivity contribution in [1.82, 2.24) is 0 Å². The van der Waals surface area contributed by atoms with Crippen LogP contribution in [-0.2, 0) is 9.53 Å². The molecule has 0 bridgehead atoms. The third kappa shape index (κ3) is 3.18. The summed E-state index contributed by atoms with van der Waals surface area (Å²) < 4.78 is 4.66. The Labute approximate surface area is 115 Å². The predicted octanol–water partition coefficient (Wildman–Crippen LogP) is 2.28. The number of nitrogens with zero attached hydrogens (tertiary/aromatic N) is 1. The van der Waals surface area contributed by atoms with E-state index in [1.54, 1.807) is 19.9 Å². The molecule has 1 atom stereocenters. The zero-order valence-electron chi connectivity index (χ0n) is 10.2. The molecule has 0 aliphatic carbocycles. The largest absolute Gasteiger partial charge is 0.469 e. The smallest absolute Gasteiger partial charge is 0.324 e. The molecule has 18 heavy (non-hydrogen) atoms. The zero-order chi connectivity index (χ0) is 13.2. The van der Waals surface area contributed by atoms with Crippen LogP contribution in [-0.4, -0.2) is 18.0 Å². The third-order valence-corrected chi connectivity index (χ3v) is 3.71. The van der Waals surface area contributed by atoms with Crippen molar-refractivity contribution in [3.05, 3.63) is 27.1 Å². The van der Waals surface area contributed by atoms with Gasteiger partial charge in [-0.15, -0.1) is 12.4 Å². The molecular weight excluding hydrogens is 280 g/mol. The van der Waals surface area contributed by atoms with Gasteiger partial charge in [0.25, 0.3) is 0 Å². The molecule has 1 heterocycles. The first kappa shape index (κ1) is 16.8. The summed E-state index contributed by atoms with van der Waals surface area (Å²) in [7, 11) is 1.29. The SMILES string of the molecule is COC(=O)C(C)(C)[C@H](N)c1ccc([N+](=O)[O-])s1.Cl. The Morgan fingerprint density at radius 3 is 2.50 bits per heavy atom. The molecule has 0 unspecified atom stereocenters. The minimum absolute atomic E-state index is 0. The van der Waals surface area contributed by atoms with Gasteiger partial charge in [0.15, 0.2) is 0 Å². The highest BCUT2D eigenvalue weighted by atomic mass is 35.5. The highest BCUT2D eigenvalue weighted by Crippen LogP contribution is 2.37. The molecule has 0 radical (unpaired) electrons. The van der Waals surface area contributed by atoms with Gasteiger partial charge < -0.3 is 10.5 Å². The van der Waals surface area contributed by atoms with Crippen molar-refractivity contribution in [3.8, 4) is 0 Å². The summed E-state index contributed by atoms with van der Waals surface area (Å²) in [4.78, 5) is 22.2. The fraction of sp³-hybridized carbons (Fsp3) is 0.500. The second kappa shape index (κ2) is 6.12. The molecular formula is C10H15ClN2O4S. The maximum absolute atomic E-state index is 11.6. The molecule has 0 aliphatic rings. The van der Waals surface area contributed by atoms with Gasteiger partial charge in [-0.2, -0.15) is 0 Å². The number of carbonyl (C=O) groups is 1. The molecule has 0 spiro atoms. The standard InChI is InChI=1S/C10H14N2O4S.ClH/c1-10(2,9(13)16-3)8(11)6-4-5-7(17-6)12(14)15;/h4-5,8H,11H2,1-3H3;1H/t8-;/m1./s1. The van der Waals surface area contributed by atoms with Crippen LogP contribution in [0.1, 0.15) is 24.8 Å². The fourth-order valence-corrected chi connectivity index (χ4v) is 2.36. The summed E-state index contributed by atoms with van der Waals surface area (Å²) in [6, 6.07) is 2.32. The summed E-state index contributed by atoms with van der Waals surface area (Å²) in [5, 5.41) is 10.6. The number of nitro groups is 1. The van der Waals surface area contributed by atoms with Gasteiger partial charge in [-0.05, 0) is 19.9 Å². The lowest BCUT2D eigenvalue weighted by Crippen LogP contribution is -2.36. The monoisotopic (exact) mass is 294 g/mol. The Morgan fingerprint density at radius 2 is 2.11 bits per heavy atom. The van der Waals surface area contributed by atoms with E-state index in [4.69, 9.17) is 5.73 Å². The maximum Gasteiger partial charge on any atom is 0.324 e. The molecule has 102 valence electrons. The Hall–Kier alpha value is -1.18. The van der Waals surface area contributed by atoms with Gasteiger partial charge in [-0.3, -0.25) is 14.9 Å². The lowest BCUT2D eigenvalue weighted by molar-refractivity contribution is -0.380. The normalized spacial score (nSPS) is 12.4. The Kier molecular flexibility index (Phi) is 5.72. The van der Waals surface area contributed by atoms with Gasteiger partial charge in [0.05, 0.1) is 23.5 Å². The molecule has 1 rings (SSSR count). The number of halogens is 1. The lowest BCUT2D eigenvalue weighted by Gasteiger charge is -2.27. The first-order chi connectivity index (χ1) is 7.80. The quantitative estimate of drug-likeness (QED) is 0.522. The van der Waals surface area contributed by atoms with Gasteiger partial charge in [0.1, 0.15) is 0 Å². The van der Waals surface area contributed by atoms with E-state index in [2.05, 4.69) is 4.74 Å². The van der Waals surface area contributed by atoms with E-state index in [-0.39, 0.29) is 17.4 Å². The number of thiophene rings is 1. The first-order valence-electron chi connectivity index (χ1n) is 4.88. The van der Waals surface area contributed by atoms with Crippen LogP contribution in [0.25, 0.3) is 0 Å². The van der Waals surface area contributed by atoms with Crippen LogP contribution in [0.5, 0.6) is 0 Å². The molecule has 0 saturated carbocycles. The second-order valence-corrected chi connectivity index (χ2v) is 5.22. The van der Waals surface area contributed by atoms with Crippen LogP contribution in [0.15, 0.2) is 12.1 Å². The van der Waals surface area contributed by atoms with Crippen LogP contribution in [0.4, 0.5) is 5.00 Å². The maximum atomic E-state index is 11.6. The highest BCUT2D eigenvalue weighted by Gasteiger charge is 2.37. The summed E-state index contributed by atoms with van der Waals surface area (Å²) in [6.45, 7) is 3.30. The number of hydrogen-bond donors (Lipinski definition) is 1. The summed E-state index contributed by atoms with van der Waals surface area (Å²) >= 11 is 0.972. The molecule has 1 aromatic rings. The lowest BCUT2D eigenvalue weighted by atomic mass is 9.84. The molecule has 0 saturated heterocycles. The van der Waals surface area contributed by atoms with Crippen molar-refractivity contribution < 1.29 is 14.5 Å². The van der Waals surface area contributed by atoms with Crippen molar-refractivity contribution in [3.63, 3.8) is 0 Å². The van der Waals surface area contributed by atoms with Crippen LogP contribution in [0.2, 0.25) is 0 Å². The first-order valence-corrected chi connectivity index (χ1v) is 5.70. The molecule has 0 aromatic carbocycles. The van der Waals surface area contributed by atoms with Gasteiger partial charge >= 0.3 is 11.0 Å². The zero-order valence-corrected chi connectivity index (χ0v) is 11.8. The number of nitrogens with two attached hydrogens (primary N) is 1. The van der Waals surface area contributed by atoms with E-state index in [0.29, 0.717) is 4.88 Å². The summed E-state index contributed by atoms with van der Waals surface area (Å²) in [5.74, 6) is -0.443. The van der Waals surface area contributed by atoms with Gasteiger partial charge in [-0.25, -0.2) is 0 Å². The Morgan fingerprint density at radius 1 is 1.56 bits per heavy atom. The van der Waals surface area contributed by atoms with E-state index < -0.39 is 22.3 Å². The second-order valence-electron chi connectivity index (χ2n) is 4.12. The van der Waals surface area contributed by atoms with Crippen molar-refractivity contribution in [1.29, 1.82) is 0 Å². The van der Waals surface area contributed by atoms with E-state index in [1.165, 1.54) is 13.2 Å². The average molecular weight is 295 g/mol. The minimum atomic E-state index is -0.923. The third-order valence-electron chi connectivity index (χ3n) is 2.59. The number of rotatable bonds is 4. The molecule has 2 N–H and O–H groups in total. The van der Waals surface area contributed by atoms with E-state index in [1.807, 2.05) is 0 Å². The van der Waals surface area contributed by atoms with Crippen LogP contribution >= 0.6 is 23.7 Å². The van der Waals surface area contributed by atoms with Crippen LogP contribution in [0.3, 0.4) is 0 Å². The van der Waals surface area contributed by atoms with Crippen molar-refractivity contribution >= 4 is 34.7 Å². The fourth-order valence-electron chi connectivity index (χ4n) is 1.35. The molecule has 6 nitrogen and oxygen atoms in total. The number of methoxy groups -OCH3 is 1. The molecule has 8 heteroatoms. The summed E-state index contributed by atoms with van der Waals surface area (Å²) in [6.07, 6.45) is 0. The van der Waals surface area contributed by atoms with Gasteiger partial charge in [0, 0.05) is 10.9 Å². The van der Waals surface area contributed by atoms with E-state index in [9.17, 15) is 14.9 Å². The topological polar surface area (TPSA) is 95.5 Å². The van der Waals surface area contributed by atoms with Crippen molar-refractivity contribution in [2.75, 3.05) is 7.11 Å². The highest BCUT2D eigenvalue weighted by molar-refractivity contribution is 7.15. The summed E-state index contributed by atoms with van der Waals surface area (Å²) in [5.41, 5.74) is 5.03. The number of ether oxygens (including phenoxy) is 1. The van der Waals surface area contributed by atoms with Crippen LogP contribution in [0, 0.1) is 15.5 Å². The Bertz CT molecular complexity index is 447. The van der Waals surface area contributed by atoms with Crippen LogP contribution < -0.4 is 5.73 Å². The van der Waals surface area contributed by atoms with Gasteiger partial charge in [-0.1, -0.05) is 11.3 Å². The van der Waals surface area contributed by atoms with E-state index in [0.717, 1.165) is 11.3 Å². The number of esters is 1. The predicted molar refractivity (Wildman–Crippen MR) is 70.9 cm³/mol. The van der Waals surface area contributed by atoms with Crippen molar-refractivity contribution in [2.45, 2.75) is 19.9 Å². The molecule has 1 aromatic heterocycles. The Balaban J connectivity index is 0.00000289. The van der Waals surface area contributed by atoms with Gasteiger partial charge in [0.2, 0.25) is 0 Å².